The minimum atomic E-state index is -1.02. The highest BCUT2D eigenvalue weighted by Crippen LogP contribution is 2.39. The molecule has 0 spiro atoms. The van der Waals surface area contributed by atoms with Gasteiger partial charge in [0.25, 0.3) is 0 Å². The number of nitrogens with zero attached hydrogens (tertiary/aromatic N) is 3. The molecule has 2 aromatic carbocycles. The van der Waals surface area contributed by atoms with E-state index in [9.17, 15) is 14.0 Å². The third-order valence-corrected chi connectivity index (χ3v) is 7.17. The molecule has 3 aromatic rings. The molecule has 0 fully saturated rings. The van der Waals surface area contributed by atoms with Crippen molar-refractivity contribution in [3.05, 3.63) is 59.9 Å². The summed E-state index contributed by atoms with van der Waals surface area (Å²) in [5.41, 5.74) is 1.19. The lowest BCUT2D eigenvalue weighted by molar-refractivity contribution is -0.126. The van der Waals surface area contributed by atoms with Crippen molar-refractivity contribution in [3.8, 4) is 0 Å². The number of hydrogen-bond acceptors (Lipinski definition) is 7. The lowest BCUT2D eigenvalue weighted by Crippen LogP contribution is -2.60. The second-order valence-corrected chi connectivity index (χ2v) is 10.4. The van der Waals surface area contributed by atoms with E-state index in [1.54, 1.807) is 43.9 Å². The van der Waals surface area contributed by atoms with Crippen LogP contribution in [0.3, 0.4) is 0 Å². The Morgan fingerprint density at radius 2 is 1.94 bits per heavy atom. The van der Waals surface area contributed by atoms with Crippen LogP contribution in [0.25, 0.3) is 0 Å². The maximum atomic E-state index is 13.4. The van der Waals surface area contributed by atoms with Crippen LogP contribution in [0.4, 0.5) is 20.9 Å². The number of aromatic nitrogens is 2. The molecular formula is C22H22FN5O2S2. The monoisotopic (exact) mass is 471 g/mol. The fourth-order valence-corrected chi connectivity index (χ4v) is 5.27. The molecule has 0 radical (unpaired) electrons. The normalized spacial score (nSPS) is 15.6. The van der Waals surface area contributed by atoms with Gasteiger partial charge < -0.3 is 10.6 Å². The van der Waals surface area contributed by atoms with Crippen LogP contribution in [0.5, 0.6) is 0 Å². The summed E-state index contributed by atoms with van der Waals surface area (Å²) in [6.07, 6.45) is 0. The van der Waals surface area contributed by atoms with E-state index in [0.29, 0.717) is 27.4 Å². The first-order chi connectivity index (χ1) is 15.3. The number of hydrogen-bond donors (Lipinski definition) is 2. The molecule has 7 nitrogen and oxygen atoms in total. The Bertz CT molecular complexity index is 1150. The minimum absolute atomic E-state index is 0.182. The van der Waals surface area contributed by atoms with Crippen LogP contribution in [-0.2, 0) is 16.1 Å². The lowest BCUT2D eigenvalue weighted by atomic mass is 9.96. The van der Waals surface area contributed by atoms with Gasteiger partial charge in [0.1, 0.15) is 11.4 Å². The number of amides is 2. The summed E-state index contributed by atoms with van der Waals surface area (Å²) in [5, 5.41) is 14.4. The van der Waals surface area contributed by atoms with E-state index in [1.807, 2.05) is 18.2 Å². The zero-order valence-electron chi connectivity index (χ0n) is 17.8. The molecule has 2 heterocycles. The predicted octanol–water partition coefficient (Wildman–Crippen LogP) is 4.53. The van der Waals surface area contributed by atoms with Crippen molar-refractivity contribution in [1.82, 2.24) is 10.2 Å². The Kier molecular flexibility index (Phi) is 6.16. The third kappa shape index (κ3) is 4.46. The fourth-order valence-electron chi connectivity index (χ4n) is 3.34. The molecule has 1 atom stereocenters. The number of nitrogens with one attached hydrogen (secondary N) is 2. The molecule has 1 aliphatic rings. The standard InChI is InChI=1S/C22H22FN5O2S2/c1-13(18(29)28-17-7-5-4-6-16(17)25-19(30)22(28,2)3)31-21-27-26-20(32-21)24-12-14-8-10-15(23)11-9-14/h4-11,13H,12H2,1-3H3,(H,24,26)(H,25,30). The molecule has 2 amide bonds. The van der Waals surface area contributed by atoms with E-state index in [0.717, 1.165) is 5.56 Å². The van der Waals surface area contributed by atoms with Gasteiger partial charge in [-0.05, 0) is 50.6 Å². The van der Waals surface area contributed by atoms with E-state index in [4.69, 9.17) is 0 Å². The summed E-state index contributed by atoms with van der Waals surface area (Å²) in [7, 11) is 0. The number of carbonyl (C=O) groups is 2. The number of thioether (sulfide) groups is 1. The maximum absolute atomic E-state index is 13.4. The van der Waals surface area contributed by atoms with Gasteiger partial charge in [-0.3, -0.25) is 14.5 Å². The van der Waals surface area contributed by atoms with Gasteiger partial charge in [-0.15, -0.1) is 10.2 Å². The first kappa shape index (κ1) is 22.2. The third-order valence-electron chi connectivity index (χ3n) is 5.12. The summed E-state index contributed by atoms with van der Waals surface area (Å²) in [5.74, 6) is -0.692. The Hall–Kier alpha value is -2.98. The van der Waals surface area contributed by atoms with E-state index in [2.05, 4.69) is 20.8 Å². The fraction of sp³-hybridized carbons (Fsp3) is 0.273. The number of para-hydroxylation sites is 2. The van der Waals surface area contributed by atoms with E-state index in [-0.39, 0.29) is 17.6 Å². The number of benzene rings is 2. The van der Waals surface area contributed by atoms with Crippen LogP contribution in [0, 0.1) is 5.82 Å². The van der Waals surface area contributed by atoms with E-state index >= 15 is 0 Å². The molecule has 4 rings (SSSR count). The molecule has 166 valence electrons. The second kappa shape index (κ2) is 8.87. The summed E-state index contributed by atoms with van der Waals surface area (Å²) < 4.78 is 13.7. The average molecular weight is 472 g/mol. The summed E-state index contributed by atoms with van der Waals surface area (Å²) in [6, 6.07) is 13.5. The Balaban J connectivity index is 1.45. The van der Waals surface area contributed by atoms with Crippen LogP contribution in [0.2, 0.25) is 0 Å². The molecule has 32 heavy (non-hydrogen) atoms. The summed E-state index contributed by atoms with van der Waals surface area (Å²) >= 11 is 2.64. The molecule has 1 aliphatic heterocycles. The zero-order valence-corrected chi connectivity index (χ0v) is 19.4. The Labute approximate surface area is 193 Å². The van der Waals surface area contributed by atoms with Gasteiger partial charge in [0.05, 0.1) is 16.6 Å². The molecule has 0 bridgehead atoms. The highest BCUT2D eigenvalue weighted by molar-refractivity contribution is 8.02. The Morgan fingerprint density at radius 1 is 1.22 bits per heavy atom. The number of rotatable bonds is 6. The van der Waals surface area contributed by atoms with E-state index in [1.165, 1.54) is 35.2 Å². The van der Waals surface area contributed by atoms with Crippen molar-refractivity contribution in [1.29, 1.82) is 0 Å². The second-order valence-electron chi connectivity index (χ2n) is 7.82. The maximum Gasteiger partial charge on any atom is 0.250 e. The first-order valence-electron chi connectivity index (χ1n) is 9.99. The van der Waals surface area contributed by atoms with Crippen molar-refractivity contribution in [2.24, 2.45) is 0 Å². The number of fused-ring (bicyclic) bond motifs is 1. The average Bonchev–Trinajstić information content (AvgIpc) is 3.21. The molecule has 1 aromatic heterocycles. The van der Waals surface area contributed by atoms with Gasteiger partial charge in [-0.1, -0.05) is 47.4 Å². The van der Waals surface area contributed by atoms with E-state index < -0.39 is 10.8 Å². The summed E-state index contributed by atoms with van der Waals surface area (Å²) in [4.78, 5) is 27.6. The number of halogens is 1. The van der Waals surface area contributed by atoms with Crippen LogP contribution in [-0.4, -0.2) is 32.8 Å². The van der Waals surface area contributed by atoms with Crippen molar-refractivity contribution < 1.29 is 14.0 Å². The van der Waals surface area contributed by atoms with Crippen molar-refractivity contribution in [2.45, 2.75) is 42.4 Å². The molecule has 0 saturated carbocycles. The highest BCUT2D eigenvalue weighted by atomic mass is 32.2. The predicted molar refractivity (Wildman–Crippen MR) is 126 cm³/mol. The molecule has 0 saturated heterocycles. The molecule has 0 aliphatic carbocycles. The topological polar surface area (TPSA) is 87.2 Å². The van der Waals surface area contributed by atoms with Crippen LogP contribution < -0.4 is 15.5 Å². The molecule has 10 heteroatoms. The smallest absolute Gasteiger partial charge is 0.250 e. The highest BCUT2D eigenvalue weighted by Gasteiger charge is 2.44. The summed E-state index contributed by atoms with van der Waals surface area (Å²) in [6.45, 7) is 5.75. The first-order valence-corrected chi connectivity index (χ1v) is 11.7. The molecule has 2 N–H and O–H groups in total. The van der Waals surface area contributed by atoms with Gasteiger partial charge in [-0.2, -0.15) is 0 Å². The van der Waals surface area contributed by atoms with Crippen molar-refractivity contribution in [2.75, 3.05) is 15.5 Å². The lowest BCUT2D eigenvalue weighted by Gasteiger charge is -2.42. The number of carbonyl (C=O) groups excluding carboxylic acids is 2. The van der Waals surface area contributed by atoms with Gasteiger partial charge in [0.2, 0.25) is 16.9 Å². The van der Waals surface area contributed by atoms with Crippen LogP contribution >= 0.6 is 23.1 Å². The molecule has 1 unspecified atom stereocenters. The van der Waals surface area contributed by atoms with Gasteiger partial charge in [0, 0.05) is 6.54 Å². The van der Waals surface area contributed by atoms with Crippen molar-refractivity contribution >= 4 is 51.4 Å². The van der Waals surface area contributed by atoms with Crippen molar-refractivity contribution in [3.63, 3.8) is 0 Å². The quantitative estimate of drug-likeness (QED) is 0.514. The molecular weight excluding hydrogens is 449 g/mol. The zero-order chi connectivity index (χ0) is 22.9. The van der Waals surface area contributed by atoms with Crippen LogP contribution in [0.15, 0.2) is 52.9 Å². The minimum Gasteiger partial charge on any atom is -0.356 e. The number of anilines is 3. The largest absolute Gasteiger partial charge is 0.356 e. The van der Waals surface area contributed by atoms with Gasteiger partial charge in [0.15, 0.2) is 4.34 Å². The van der Waals surface area contributed by atoms with Crippen LogP contribution in [0.1, 0.15) is 26.3 Å². The Morgan fingerprint density at radius 3 is 2.69 bits per heavy atom. The van der Waals surface area contributed by atoms with Gasteiger partial charge in [-0.25, -0.2) is 4.39 Å². The SMILES string of the molecule is CC(Sc1nnc(NCc2ccc(F)cc2)s1)C(=O)N1c2ccccc2NC(=O)C1(C)C. The van der Waals surface area contributed by atoms with Gasteiger partial charge >= 0.3 is 0 Å².